The van der Waals surface area contributed by atoms with Crippen LogP contribution in [0.15, 0.2) is 35.4 Å². The third kappa shape index (κ3) is 4.87. The van der Waals surface area contributed by atoms with Crippen molar-refractivity contribution in [1.29, 1.82) is 0 Å². The van der Waals surface area contributed by atoms with Crippen LogP contribution in [0.5, 0.6) is 11.5 Å². The van der Waals surface area contributed by atoms with E-state index >= 15 is 0 Å². The highest BCUT2D eigenvalue weighted by molar-refractivity contribution is 5.87. The molecule has 1 heterocycles. The van der Waals surface area contributed by atoms with Gasteiger partial charge in [-0.25, -0.2) is 0 Å². The molecule has 3 nitrogen and oxygen atoms in total. The number of aryl methyl sites for hydroxylation is 1. The van der Waals surface area contributed by atoms with Crippen LogP contribution in [0.4, 0.5) is 0 Å². The fourth-order valence-electron chi connectivity index (χ4n) is 3.18. The highest BCUT2D eigenvalue weighted by atomic mass is 16.5. The fraction of sp³-hybridized carbons (Fsp3) is 0.435. The van der Waals surface area contributed by atoms with Gasteiger partial charge in [-0.2, -0.15) is 0 Å². The lowest BCUT2D eigenvalue weighted by molar-refractivity contribution is 0.108. The summed E-state index contributed by atoms with van der Waals surface area (Å²) in [6.45, 7) is 10.2. The van der Waals surface area contributed by atoms with Gasteiger partial charge in [-0.3, -0.25) is 4.79 Å². The summed E-state index contributed by atoms with van der Waals surface area (Å²) in [6, 6.07) is 1.61. The van der Waals surface area contributed by atoms with Gasteiger partial charge in [-0.15, -0.1) is 0 Å². The van der Waals surface area contributed by atoms with E-state index in [4.69, 9.17) is 4.74 Å². The van der Waals surface area contributed by atoms with Crippen LogP contribution in [0.3, 0.4) is 0 Å². The number of aldehydes is 1. The van der Waals surface area contributed by atoms with Crippen molar-refractivity contribution >= 4 is 12.4 Å². The third-order valence-corrected chi connectivity index (χ3v) is 4.82. The summed E-state index contributed by atoms with van der Waals surface area (Å²) in [7, 11) is 0. The van der Waals surface area contributed by atoms with E-state index in [-0.39, 0.29) is 5.75 Å². The first-order valence-corrected chi connectivity index (χ1v) is 9.25. The van der Waals surface area contributed by atoms with Crippen molar-refractivity contribution in [2.75, 3.05) is 0 Å². The molecule has 0 fully saturated rings. The molecule has 1 atom stereocenters. The maximum Gasteiger partial charge on any atom is 0.154 e. The quantitative estimate of drug-likeness (QED) is 0.472. The second-order valence-electron chi connectivity index (χ2n) is 7.64. The monoisotopic (exact) mass is 354 g/mol. The number of hydrogen-bond acceptors (Lipinski definition) is 3. The molecule has 0 bridgehead atoms. The average molecular weight is 354 g/mol. The first kappa shape index (κ1) is 20.0. The molecule has 1 N–H and O–H groups in total. The SMILES string of the molecule is CC(C)=CCC/C(C)=C/CCC1(C)C=Cc2c(O)cc(C)c(C=O)c2O1. The van der Waals surface area contributed by atoms with E-state index < -0.39 is 5.60 Å². The minimum absolute atomic E-state index is 0.149. The molecule has 2 rings (SSSR count). The molecule has 1 aliphatic rings. The third-order valence-electron chi connectivity index (χ3n) is 4.82. The van der Waals surface area contributed by atoms with Gasteiger partial charge in [0.15, 0.2) is 6.29 Å². The van der Waals surface area contributed by atoms with Crippen molar-refractivity contribution < 1.29 is 14.6 Å². The van der Waals surface area contributed by atoms with E-state index in [1.54, 1.807) is 13.0 Å². The predicted molar refractivity (Wildman–Crippen MR) is 108 cm³/mol. The molecule has 1 aliphatic heterocycles. The number of phenols is 1. The van der Waals surface area contributed by atoms with Crippen molar-refractivity contribution in [2.24, 2.45) is 0 Å². The Morgan fingerprint density at radius 3 is 2.62 bits per heavy atom. The summed E-state index contributed by atoms with van der Waals surface area (Å²) in [5.74, 6) is 0.642. The lowest BCUT2D eigenvalue weighted by Crippen LogP contribution is -2.32. The molecule has 0 aromatic heterocycles. The predicted octanol–water partition coefficient (Wildman–Crippen LogP) is 6.15. The summed E-state index contributed by atoms with van der Waals surface area (Å²) in [5.41, 5.74) is 4.08. The Kier molecular flexibility index (Phi) is 6.47. The van der Waals surface area contributed by atoms with E-state index in [0.717, 1.165) is 37.5 Å². The largest absolute Gasteiger partial charge is 0.507 e. The summed E-state index contributed by atoms with van der Waals surface area (Å²) in [5, 5.41) is 10.1. The topological polar surface area (TPSA) is 46.5 Å². The molecule has 0 amide bonds. The lowest BCUT2D eigenvalue weighted by Gasteiger charge is -2.33. The van der Waals surface area contributed by atoms with E-state index in [1.165, 1.54) is 11.1 Å². The second kappa shape index (κ2) is 8.39. The van der Waals surface area contributed by atoms with Gasteiger partial charge in [0.2, 0.25) is 0 Å². The fourth-order valence-corrected chi connectivity index (χ4v) is 3.18. The Bertz CT molecular complexity index is 764. The summed E-state index contributed by atoms with van der Waals surface area (Å²) >= 11 is 0. The summed E-state index contributed by atoms with van der Waals surface area (Å²) in [6.07, 6.45) is 13.1. The van der Waals surface area contributed by atoms with Crippen molar-refractivity contribution in [3.05, 3.63) is 52.1 Å². The first-order chi connectivity index (χ1) is 12.3. The van der Waals surface area contributed by atoms with Crippen LogP contribution in [0.1, 0.15) is 74.9 Å². The number of ether oxygens (including phenoxy) is 1. The van der Waals surface area contributed by atoms with E-state index in [9.17, 15) is 9.90 Å². The van der Waals surface area contributed by atoms with Crippen molar-refractivity contribution in [3.8, 4) is 11.5 Å². The Hall–Kier alpha value is -2.29. The zero-order valence-corrected chi connectivity index (χ0v) is 16.6. The lowest BCUT2D eigenvalue weighted by atomic mass is 9.92. The van der Waals surface area contributed by atoms with Gasteiger partial charge in [0.25, 0.3) is 0 Å². The normalized spacial score (nSPS) is 18.9. The molecular formula is C23H30O3. The number of allylic oxidation sites excluding steroid dienone is 4. The molecule has 1 aromatic rings. The van der Waals surface area contributed by atoms with Crippen LogP contribution in [-0.2, 0) is 0 Å². The van der Waals surface area contributed by atoms with Gasteiger partial charge < -0.3 is 9.84 Å². The smallest absolute Gasteiger partial charge is 0.154 e. The van der Waals surface area contributed by atoms with Crippen LogP contribution < -0.4 is 4.74 Å². The van der Waals surface area contributed by atoms with Crippen molar-refractivity contribution in [3.63, 3.8) is 0 Å². The van der Waals surface area contributed by atoms with Gasteiger partial charge in [-0.05, 0) is 84.1 Å². The zero-order valence-electron chi connectivity index (χ0n) is 16.6. The van der Waals surface area contributed by atoms with Gasteiger partial charge in [0, 0.05) is 0 Å². The maximum atomic E-state index is 11.5. The Morgan fingerprint density at radius 1 is 1.23 bits per heavy atom. The Balaban J connectivity index is 2.07. The average Bonchev–Trinajstić information content (AvgIpc) is 2.54. The first-order valence-electron chi connectivity index (χ1n) is 9.25. The van der Waals surface area contributed by atoms with Crippen LogP contribution in [0.2, 0.25) is 0 Å². The molecular weight excluding hydrogens is 324 g/mol. The minimum Gasteiger partial charge on any atom is -0.507 e. The number of benzene rings is 1. The van der Waals surface area contributed by atoms with Crippen LogP contribution in [0.25, 0.3) is 6.08 Å². The van der Waals surface area contributed by atoms with Crippen LogP contribution in [0, 0.1) is 6.92 Å². The highest BCUT2D eigenvalue weighted by Gasteiger charge is 2.30. The molecule has 0 radical (unpaired) electrons. The second-order valence-corrected chi connectivity index (χ2v) is 7.64. The Morgan fingerprint density at radius 2 is 1.96 bits per heavy atom. The zero-order chi connectivity index (χ0) is 19.3. The van der Waals surface area contributed by atoms with E-state index in [0.29, 0.717) is 16.9 Å². The van der Waals surface area contributed by atoms with Crippen molar-refractivity contribution in [2.45, 2.75) is 65.9 Å². The molecule has 0 spiro atoms. The highest BCUT2D eigenvalue weighted by Crippen LogP contribution is 2.41. The maximum absolute atomic E-state index is 11.5. The molecule has 26 heavy (non-hydrogen) atoms. The molecule has 0 saturated heterocycles. The molecule has 0 aliphatic carbocycles. The number of fused-ring (bicyclic) bond motifs is 1. The van der Waals surface area contributed by atoms with Gasteiger partial charge in [-0.1, -0.05) is 23.3 Å². The van der Waals surface area contributed by atoms with Gasteiger partial charge >= 0.3 is 0 Å². The molecule has 3 heteroatoms. The number of carbonyl (C=O) groups excluding carboxylic acids is 1. The van der Waals surface area contributed by atoms with E-state index in [2.05, 4.69) is 32.9 Å². The standard InChI is InChI=1S/C23H30O3/c1-16(2)8-6-9-17(3)10-7-12-23(5)13-11-19-21(25)14-18(4)20(15-24)22(19)26-23/h8,10-11,13-15,25H,6-7,9,12H2,1-5H3/b17-10+. The number of phenolic OH excluding ortho intramolecular Hbond substituents is 1. The molecule has 1 unspecified atom stereocenters. The number of hydrogen-bond donors (Lipinski definition) is 1. The van der Waals surface area contributed by atoms with Crippen LogP contribution in [-0.4, -0.2) is 17.0 Å². The van der Waals surface area contributed by atoms with Gasteiger partial charge in [0.05, 0.1) is 11.1 Å². The minimum atomic E-state index is -0.484. The number of aromatic hydroxyl groups is 1. The molecule has 0 saturated carbocycles. The molecule has 140 valence electrons. The van der Waals surface area contributed by atoms with E-state index in [1.807, 2.05) is 19.1 Å². The number of carbonyl (C=O) groups is 1. The van der Waals surface area contributed by atoms with Crippen LogP contribution >= 0.6 is 0 Å². The Labute approximate surface area is 157 Å². The van der Waals surface area contributed by atoms with Crippen molar-refractivity contribution in [1.82, 2.24) is 0 Å². The van der Waals surface area contributed by atoms with Gasteiger partial charge in [0.1, 0.15) is 17.1 Å². The summed E-state index contributed by atoms with van der Waals surface area (Å²) in [4.78, 5) is 11.5. The molecule has 1 aromatic carbocycles. The number of rotatable bonds is 7. The summed E-state index contributed by atoms with van der Waals surface area (Å²) < 4.78 is 6.18.